The van der Waals surface area contributed by atoms with Crippen LogP contribution in [0.15, 0.2) is 29.2 Å². The lowest BCUT2D eigenvalue weighted by Gasteiger charge is -2.08. The Hall–Kier alpha value is -0.760. The summed E-state index contributed by atoms with van der Waals surface area (Å²) in [5, 5.41) is 0. The van der Waals surface area contributed by atoms with Gasteiger partial charge in [-0.05, 0) is 30.7 Å². The lowest BCUT2D eigenvalue weighted by Crippen LogP contribution is -2.03. The van der Waals surface area contributed by atoms with Crippen LogP contribution in [0.2, 0.25) is 0 Å². The maximum absolute atomic E-state index is 12.1. The predicted molar refractivity (Wildman–Crippen MR) is 73.7 cm³/mol. The first-order chi connectivity index (χ1) is 8.29. The molecule has 1 aromatic rings. The van der Waals surface area contributed by atoms with Gasteiger partial charge >= 0.3 is 0 Å². The molecule has 0 atom stereocenters. The third kappa shape index (κ3) is 3.60. The number of hydrogen-bond acceptors (Lipinski definition) is 2. The summed E-state index contributed by atoms with van der Waals surface area (Å²) in [6.45, 7) is 0. The number of ketones is 1. The van der Waals surface area contributed by atoms with E-state index in [1.54, 1.807) is 11.8 Å². The lowest BCUT2D eigenvalue weighted by molar-refractivity contribution is 0.0973. The summed E-state index contributed by atoms with van der Waals surface area (Å²) in [4.78, 5) is 13.2. The topological polar surface area (TPSA) is 17.1 Å². The third-order valence-electron chi connectivity index (χ3n) is 3.65. The molecular formula is C15H20OS. The van der Waals surface area contributed by atoms with Crippen LogP contribution >= 0.6 is 11.8 Å². The summed E-state index contributed by atoms with van der Waals surface area (Å²) in [7, 11) is 0. The molecule has 0 amide bonds. The van der Waals surface area contributed by atoms with Crippen molar-refractivity contribution in [1.82, 2.24) is 0 Å². The van der Waals surface area contributed by atoms with E-state index in [9.17, 15) is 4.79 Å². The molecule has 0 aromatic heterocycles. The largest absolute Gasteiger partial charge is 0.294 e. The van der Waals surface area contributed by atoms with Crippen molar-refractivity contribution in [3.05, 3.63) is 29.8 Å². The van der Waals surface area contributed by atoms with Crippen molar-refractivity contribution >= 4 is 17.5 Å². The van der Waals surface area contributed by atoms with Crippen molar-refractivity contribution in [1.29, 1.82) is 0 Å². The first-order valence-electron chi connectivity index (χ1n) is 6.47. The Kier molecular flexibility index (Phi) is 4.66. The van der Waals surface area contributed by atoms with Gasteiger partial charge in [0.2, 0.25) is 0 Å². The zero-order valence-corrected chi connectivity index (χ0v) is 11.3. The highest BCUT2D eigenvalue weighted by Gasteiger charge is 2.16. The van der Waals surface area contributed by atoms with Crippen LogP contribution in [0.5, 0.6) is 0 Å². The molecule has 2 heteroatoms. The minimum Gasteiger partial charge on any atom is -0.294 e. The van der Waals surface area contributed by atoms with Crippen LogP contribution in [0, 0.1) is 5.92 Å². The zero-order chi connectivity index (χ0) is 12.1. The van der Waals surface area contributed by atoms with E-state index in [0.717, 1.165) is 24.3 Å². The van der Waals surface area contributed by atoms with Crippen LogP contribution < -0.4 is 0 Å². The van der Waals surface area contributed by atoms with Crippen molar-refractivity contribution in [2.24, 2.45) is 5.92 Å². The smallest absolute Gasteiger partial charge is 0.162 e. The summed E-state index contributed by atoms with van der Waals surface area (Å²) < 4.78 is 0. The molecule has 1 aliphatic rings. The minimum absolute atomic E-state index is 0.313. The molecule has 1 aliphatic carbocycles. The Morgan fingerprint density at radius 3 is 2.82 bits per heavy atom. The summed E-state index contributed by atoms with van der Waals surface area (Å²) >= 11 is 1.69. The molecule has 0 bridgehead atoms. The van der Waals surface area contributed by atoms with Crippen LogP contribution in [-0.2, 0) is 0 Å². The van der Waals surface area contributed by atoms with E-state index in [1.165, 1.54) is 30.6 Å². The molecule has 92 valence electrons. The molecule has 1 nitrogen and oxygen atoms in total. The van der Waals surface area contributed by atoms with Gasteiger partial charge < -0.3 is 0 Å². The normalized spacial score (nSPS) is 16.3. The van der Waals surface area contributed by atoms with E-state index in [1.807, 2.05) is 24.5 Å². The van der Waals surface area contributed by atoms with Crippen molar-refractivity contribution in [2.45, 2.75) is 43.4 Å². The molecule has 17 heavy (non-hydrogen) atoms. The maximum atomic E-state index is 12.1. The Labute approximate surface area is 108 Å². The number of carbonyl (C=O) groups is 1. The summed E-state index contributed by atoms with van der Waals surface area (Å²) in [5.41, 5.74) is 0.884. The van der Waals surface area contributed by atoms with E-state index in [-0.39, 0.29) is 0 Å². The van der Waals surface area contributed by atoms with Gasteiger partial charge in [0.25, 0.3) is 0 Å². The van der Waals surface area contributed by atoms with E-state index < -0.39 is 0 Å². The van der Waals surface area contributed by atoms with E-state index >= 15 is 0 Å². The molecule has 0 spiro atoms. The van der Waals surface area contributed by atoms with Gasteiger partial charge in [-0.2, -0.15) is 0 Å². The molecular weight excluding hydrogens is 228 g/mol. The Balaban J connectivity index is 1.89. The molecule has 0 saturated heterocycles. The number of hydrogen-bond donors (Lipinski definition) is 0. The van der Waals surface area contributed by atoms with Gasteiger partial charge in [0.15, 0.2) is 5.78 Å². The highest BCUT2D eigenvalue weighted by molar-refractivity contribution is 7.98. The Bertz CT molecular complexity index is 380. The molecule has 0 N–H and O–H groups in total. The van der Waals surface area contributed by atoms with Crippen LogP contribution in [-0.4, -0.2) is 12.0 Å². The second-order valence-electron chi connectivity index (χ2n) is 4.84. The number of carbonyl (C=O) groups excluding carboxylic acids is 1. The molecule has 1 aromatic carbocycles. The highest BCUT2D eigenvalue weighted by atomic mass is 32.2. The number of thioether (sulfide) groups is 1. The monoisotopic (exact) mass is 248 g/mol. The van der Waals surface area contributed by atoms with Gasteiger partial charge in [-0.1, -0.05) is 37.8 Å². The predicted octanol–water partition coefficient (Wildman–Crippen LogP) is 4.56. The van der Waals surface area contributed by atoms with E-state index in [2.05, 4.69) is 6.07 Å². The second kappa shape index (κ2) is 6.25. The van der Waals surface area contributed by atoms with Crippen molar-refractivity contribution in [3.8, 4) is 0 Å². The minimum atomic E-state index is 0.313. The molecule has 1 saturated carbocycles. The lowest BCUT2D eigenvalue weighted by atomic mass is 9.97. The van der Waals surface area contributed by atoms with Gasteiger partial charge in [-0.25, -0.2) is 0 Å². The summed E-state index contributed by atoms with van der Waals surface area (Å²) in [5.74, 6) is 1.12. The van der Waals surface area contributed by atoms with E-state index in [4.69, 9.17) is 0 Å². The van der Waals surface area contributed by atoms with Crippen LogP contribution in [0.1, 0.15) is 48.9 Å². The quantitative estimate of drug-likeness (QED) is 0.561. The van der Waals surface area contributed by atoms with Gasteiger partial charge in [0.1, 0.15) is 0 Å². The zero-order valence-electron chi connectivity index (χ0n) is 10.4. The molecule has 0 heterocycles. The summed E-state index contributed by atoms with van der Waals surface area (Å²) in [6.07, 6.45) is 9.24. The van der Waals surface area contributed by atoms with Gasteiger partial charge in [0.05, 0.1) is 0 Å². The fraction of sp³-hybridized carbons (Fsp3) is 0.533. The van der Waals surface area contributed by atoms with Gasteiger partial charge in [0, 0.05) is 16.9 Å². The molecule has 2 rings (SSSR count). The fourth-order valence-electron chi connectivity index (χ4n) is 2.58. The standard InChI is InChI=1S/C15H20OS/c1-17-14-8-4-7-13(11-14)15(16)10-9-12-5-2-3-6-12/h4,7-8,11-12H,2-3,5-6,9-10H2,1H3. The number of rotatable bonds is 5. The SMILES string of the molecule is CSc1cccc(C(=O)CCC2CCCC2)c1. The molecule has 0 radical (unpaired) electrons. The Morgan fingerprint density at radius 1 is 1.35 bits per heavy atom. The Morgan fingerprint density at radius 2 is 2.12 bits per heavy atom. The van der Waals surface area contributed by atoms with Crippen molar-refractivity contribution < 1.29 is 4.79 Å². The average molecular weight is 248 g/mol. The molecule has 0 unspecified atom stereocenters. The maximum Gasteiger partial charge on any atom is 0.162 e. The fourth-order valence-corrected chi connectivity index (χ4v) is 3.03. The van der Waals surface area contributed by atoms with Crippen molar-refractivity contribution in [2.75, 3.05) is 6.26 Å². The first-order valence-corrected chi connectivity index (χ1v) is 7.69. The van der Waals surface area contributed by atoms with Gasteiger partial charge in [-0.3, -0.25) is 4.79 Å². The first kappa shape index (κ1) is 12.7. The average Bonchev–Trinajstić information content (AvgIpc) is 2.89. The summed E-state index contributed by atoms with van der Waals surface area (Å²) in [6, 6.07) is 7.99. The van der Waals surface area contributed by atoms with Crippen molar-refractivity contribution in [3.63, 3.8) is 0 Å². The van der Waals surface area contributed by atoms with Gasteiger partial charge in [-0.15, -0.1) is 11.8 Å². The molecule has 0 aliphatic heterocycles. The number of benzene rings is 1. The third-order valence-corrected chi connectivity index (χ3v) is 4.37. The van der Waals surface area contributed by atoms with Crippen LogP contribution in [0.4, 0.5) is 0 Å². The van der Waals surface area contributed by atoms with Crippen LogP contribution in [0.25, 0.3) is 0 Å². The van der Waals surface area contributed by atoms with E-state index in [0.29, 0.717) is 5.78 Å². The molecule has 1 fully saturated rings. The second-order valence-corrected chi connectivity index (χ2v) is 5.72. The highest BCUT2D eigenvalue weighted by Crippen LogP contribution is 2.29. The number of Topliss-reactive ketones (excluding diaryl/α,β-unsaturated/α-hetero) is 1. The van der Waals surface area contributed by atoms with Crippen LogP contribution in [0.3, 0.4) is 0 Å².